The Morgan fingerprint density at radius 2 is 1.81 bits per heavy atom. The van der Waals surface area contributed by atoms with Crippen molar-refractivity contribution in [1.82, 2.24) is 40.1 Å². The van der Waals surface area contributed by atoms with Crippen LogP contribution in [0.15, 0.2) is 35.8 Å². The van der Waals surface area contributed by atoms with Gasteiger partial charge in [-0.1, -0.05) is 19.9 Å². The first-order valence-electron chi connectivity index (χ1n) is 29.4. The van der Waals surface area contributed by atoms with Crippen molar-refractivity contribution in [3.8, 4) is 22.5 Å². The highest BCUT2D eigenvalue weighted by atomic mass is 32.1. The number of thiazole rings is 1. The standard InChI is InChI=1S/C60H81N9O8S/c1-35-39-27-60(28-39,77-35)57(72)63-51-53(68-32-37-23-41(68)24-37)54-62-48(33-78-54)38-10-13-49-44(25-38)46(30-58(3,4)34-75-56(71)47-9-8-15-69(64-47)55(51)70)52(67(49)20-22-74-43-14-21-76-59(5,6)29-43)45-26-42(31-61-50(45)36(2)73-7)66-18-16-65(17-19-66)40-11-12-40/h10,13,25-26,31,33,35-37,39-41,43,47,51,53,64H,8-9,11-12,14-24,27-30,32,34H2,1-7H3,(H,63,72)/t35-,36-,37?,39?,41?,43-,47?,51-,53-,60?/m0/s1. The number of piperazine rings is 1. The number of nitrogens with zero attached hydrogens (tertiary/aromatic N) is 7. The summed E-state index contributed by atoms with van der Waals surface area (Å²) in [5.41, 5.74) is 9.57. The third-order valence-electron chi connectivity index (χ3n) is 19.2. The van der Waals surface area contributed by atoms with Crippen molar-refractivity contribution in [1.29, 1.82) is 0 Å². The minimum atomic E-state index is -0.987. The number of cyclic esters (lactones) is 1. The zero-order chi connectivity index (χ0) is 53.8. The molecule has 7 saturated heterocycles. The van der Waals surface area contributed by atoms with Crippen LogP contribution < -0.4 is 15.6 Å². The van der Waals surface area contributed by atoms with Gasteiger partial charge >= 0.3 is 5.97 Å². The first kappa shape index (κ1) is 52.8. The van der Waals surface area contributed by atoms with E-state index in [9.17, 15) is 9.59 Å². The second kappa shape index (κ2) is 20.5. The summed E-state index contributed by atoms with van der Waals surface area (Å²) < 4.78 is 34.3. The largest absolute Gasteiger partial charge is 0.464 e. The van der Waals surface area contributed by atoms with Crippen LogP contribution in [0, 0.1) is 17.3 Å². The van der Waals surface area contributed by atoms with Gasteiger partial charge < -0.3 is 38.5 Å². The van der Waals surface area contributed by atoms with Gasteiger partial charge in [0, 0.05) is 111 Å². The molecule has 420 valence electrons. The fourth-order valence-electron chi connectivity index (χ4n) is 14.6. The van der Waals surface area contributed by atoms with E-state index in [4.69, 9.17) is 33.7 Å². The maximum absolute atomic E-state index is 15.4. The van der Waals surface area contributed by atoms with Gasteiger partial charge in [0.25, 0.3) is 11.8 Å². The summed E-state index contributed by atoms with van der Waals surface area (Å²) >= 11 is 1.55. The molecule has 0 spiro atoms. The Labute approximate surface area is 463 Å². The van der Waals surface area contributed by atoms with E-state index in [1.54, 1.807) is 23.5 Å². The van der Waals surface area contributed by atoms with Gasteiger partial charge in [-0.05, 0) is 128 Å². The summed E-state index contributed by atoms with van der Waals surface area (Å²) in [7, 11) is 1.75. The van der Waals surface area contributed by atoms with Gasteiger partial charge in [0.05, 0.1) is 72.1 Å². The number of methoxy groups -OCH3 is 1. The Hall–Kier alpha value is -4.53. The molecule has 15 rings (SSSR count). The van der Waals surface area contributed by atoms with Crippen LogP contribution in [0.3, 0.4) is 0 Å². The van der Waals surface area contributed by atoms with Crippen molar-refractivity contribution in [2.75, 3.05) is 71.1 Å². The minimum absolute atomic E-state index is 0.0140. The number of amides is 2. The number of anilines is 1. The van der Waals surface area contributed by atoms with Crippen LogP contribution >= 0.6 is 11.3 Å². The van der Waals surface area contributed by atoms with E-state index in [0.717, 1.165) is 120 Å². The Morgan fingerprint density at radius 1 is 1.00 bits per heavy atom. The third kappa shape index (κ3) is 9.89. The molecule has 1 aromatic carbocycles. The number of aromatic nitrogens is 3. The summed E-state index contributed by atoms with van der Waals surface area (Å²) in [5.74, 6) is -0.0570. The molecule has 10 fully saturated rings. The van der Waals surface area contributed by atoms with Gasteiger partial charge in [-0.15, -0.1) is 11.3 Å². The fraction of sp³-hybridized carbons (Fsp3) is 0.683. The molecule has 3 aromatic heterocycles. The van der Waals surface area contributed by atoms with Crippen LogP contribution in [0.5, 0.6) is 0 Å². The summed E-state index contributed by atoms with van der Waals surface area (Å²) in [6.45, 7) is 19.8. The molecule has 6 atom stereocenters. The lowest BCUT2D eigenvalue weighted by molar-refractivity contribution is -0.157. The molecule has 3 saturated carbocycles. The number of fused-ring (bicyclic) bond motifs is 8. The number of pyridine rings is 1. The number of nitrogens with one attached hydrogen (secondary N) is 2. The predicted molar refractivity (Wildman–Crippen MR) is 298 cm³/mol. The molecular formula is C60H81N9O8S. The lowest BCUT2D eigenvalue weighted by Crippen LogP contribution is -2.64. The van der Waals surface area contributed by atoms with Gasteiger partial charge in [0.1, 0.15) is 22.7 Å². The van der Waals surface area contributed by atoms with Crippen LogP contribution in [0.4, 0.5) is 5.69 Å². The van der Waals surface area contributed by atoms with E-state index in [1.807, 2.05) is 13.1 Å². The smallest absolute Gasteiger partial charge is 0.324 e. The first-order chi connectivity index (χ1) is 37.5. The van der Waals surface area contributed by atoms with Crippen LogP contribution in [0.2, 0.25) is 0 Å². The average Bonchev–Trinajstić information content (AvgIpc) is 3.99. The van der Waals surface area contributed by atoms with Crippen LogP contribution in [-0.2, 0) is 51.0 Å². The average molecular weight is 1090 g/mol. The topological polar surface area (TPSA) is 165 Å². The van der Waals surface area contributed by atoms with Gasteiger partial charge in [-0.25, -0.2) is 10.4 Å². The monoisotopic (exact) mass is 1090 g/mol. The van der Waals surface area contributed by atoms with Crippen LogP contribution in [0.1, 0.15) is 134 Å². The van der Waals surface area contributed by atoms with Crippen molar-refractivity contribution in [3.05, 3.63) is 52.1 Å². The quantitative estimate of drug-likeness (QED) is 0.133. The molecule has 78 heavy (non-hydrogen) atoms. The summed E-state index contributed by atoms with van der Waals surface area (Å²) in [4.78, 5) is 62.9. The highest BCUT2D eigenvalue weighted by Crippen LogP contribution is 2.53. The van der Waals surface area contributed by atoms with Gasteiger partial charge in [0.15, 0.2) is 0 Å². The van der Waals surface area contributed by atoms with E-state index in [2.05, 4.69) is 94.3 Å². The van der Waals surface area contributed by atoms with Gasteiger partial charge in [-0.3, -0.25) is 34.2 Å². The lowest BCUT2D eigenvalue weighted by Gasteiger charge is -2.42. The van der Waals surface area contributed by atoms with Crippen molar-refractivity contribution in [3.63, 3.8) is 0 Å². The summed E-state index contributed by atoms with van der Waals surface area (Å²) in [5, 5.41) is 8.89. The van der Waals surface area contributed by atoms with Crippen LogP contribution in [0.25, 0.3) is 33.4 Å². The zero-order valence-electron chi connectivity index (χ0n) is 46.9. The number of benzene rings is 1. The van der Waals surface area contributed by atoms with E-state index in [0.29, 0.717) is 70.2 Å². The third-order valence-corrected chi connectivity index (χ3v) is 20.2. The van der Waals surface area contributed by atoms with E-state index >= 15 is 4.79 Å². The molecule has 10 bridgehead atoms. The number of hydrogen-bond donors (Lipinski definition) is 2. The second-order valence-corrected chi connectivity index (χ2v) is 26.9. The number of rotatable bonds is 12. The lowest BCUT2D eigenvalue weighted by atomic mass is 9.72. The molecule has 0 radical (unpaired) electrons. The van der Waals surface area contributed by atoms with Crippen molar-refractivity contribution in [2.45, 2.75) is 178 Å². The zero-order valence-corrected chi connectivity index (χ0v) is 47.7. The molecule has 3 aliphatic carbocycles. The SMILES string of the molecule is CO[C@@H](C)c1ncc(N2CCN(C3CC3)CC2)cc1-c1c2c3cc(ccc3n1CCO[C@H]1CCOC(C)(C)C1)-c1csc(n1)[C@@H](N1CC3CC1C3)[C@H](NC(=O)C13CC(C1)[C@H](C)O3)C(=O)N1CCCC(N1)C(=O)OCC(C)(C)C2. The molecule has 4 aromatic rings. The van der Waals surface area contributed by atoms with E-state index in [-0.39, 0.29) is 48.4 Å². The molecule has 18 heteroatoms. The van der Waals surface area contributed by atoms with Crippen molar-refractivity contribution >= 4 is 45.7 Å². The maximum atomic E-state index is 15.4. The Kier molecular flexibility index (Phi) is 13.9. The normalized spacial score (nSPS) is 32.3. The predicted octanol–water partition coefficient (Wildman–Crippen LogP) is 7.60. The Morgan fingerprint density at radius 3 is 2.53 bits per heavy atom. The Balaban J connectivity index is 0.952. The van der Waals surface area contributed by atoms with Crippen molar-refractivity contribution in [2.24, 2.45) is 17.3 Å². The molecule has 11 heterocycles. The molecule has 11 aliphatic rings. The summed E-state index contributed by atoms with van der Waals surface area (Å²) in [6, 6.07) is 7.79. The minimum Gasteiger partial charge on any atom is -0.464 e. The number of carbonyl (C=O) groups is 3. The highest BCUT2D eigenvalue weighted by Gasteiger charge is 2.62. The Bertz CT molecular complexity index is 2930. The van der Waals surface area contributed by atoms with Crippen LogP contribution in [-0.4, -0.2) is 161 Å². The van der Waals surface area contributed by atoms with Crippen molar-refractivity contribution < 1.29 is 38.1 Å². The number of carbonyl (C=O) groups excluding carboxylic acids is 3. The van der Waals surface area contributed by atoms with E-state index in [1.165, 1.54) is 12.8 Å². The molecular weight excluding hydrogens is 1010 g/mol. The number of esters is 1. The molecule has 8 aliphatic heterocycles. The second-order valence-electron chi connectivity index (χ2n) is 26.0. The maximum Gasteiger partial charge on any atom is 0.324 e. The van der Waals surface area contributed by atoms with Gasteiger partial charge in [-0.2, -0.15) is 0 Å². The van der Waals surface area contributed by atoms with Gasteiger partial charge in [0.2, 0.25) is 0 Å². The molecule has 1 unspecified atom stereocenters. The number of ether oxygens (including phenoxy) is 5. The highest BCUT2D eigenvalue weighted by molar-refractivity contribution is 7.10. The number of hydrogen-bond acceptors (Lipinski definition) is 15. The molecule has 17 nitrogen and oxygen atoms in total. The number of hydrazine groups is 1. The first-order valence-corrected chi connectivity index (χ1v) is 30.3. The molecule has 2 amide bonds. The van der Waals surface area contributed by atoms with E-state index < -0.39 is 35.1 Å². The molecule has 2 N–H and O–H groups in total. The fourth-order valence-corrected chi connectivity index (χ4v) is 15.5. The summed E-state index contributed by atoms with van der Waals surface area (Å²) in [6.07, 6.45) is 11.1.